The zero-order valence-corrected chi connectivity index (χ0v) is 9.91. The lowest BCUT2D eigenvalue weighted by atomic mass is 10.1. The Kier molecular flexibility index (Phi) is 3.65. The zero-order valence-electron chi connectivity index (χ0n) is 9.91. The molecule has 0 atom stereocenters. The monoisotopic (exact) mass is 224 g/mol. The van der Waals surface area contributed by atoms with E-state index in [0.717, 1.165) is 0 Å². The highest BCUT2D eigenvalue weighted by Crippen LogP contribution is 2.11. The molecule has 0 aliphatic carbocycles. The van der Waals surface area contributed by atoms with Crippen molar-refractivity contribution < 1.29 is 9.63 Å². The Morgan fingerprint density at radius 3 is 2.75 bits per heavy atom. The first-order valence-corrected chi connectivity index (χ1v) is 4.85. The summed E-state index contributed by atoms with van der Waals surface area (Å²) in [5.74, 6) is 0. The van der Waals surface area contributed by atoms with Gasteiger partial charge >= 0.3 is 6.09 Å². The van der Waals surface area contributed by atoms with Crippen LogP contribution in [-0.2, 0) is 10.4 Å². The van der Waals surface area contributed by atoms with E-state index in [-0.39, 0.29) is 5.54 Å². The highest BCUT2D eigenvalue weighted by Gasteiger charge is 2.17. The van der Waals surface area contributed by atoms with E-state index in [2.05, 4.69) is 15.0 Å². The Hall–Kier alpha value is -1.85. The summed E-state index contributed by atoms with van der Waals surface area (Å²) < 4.78 is 1.86. The van der Waals surface area contributed by atoms with Crippen LogP contribution in [0.15, 0.2) is 23.9 Å². The van der Waals surface area contributed by atoms with Crippen molar-refractivity contribution in [1.82, 2.24) is 14.5 Å². The van der Waals surface area contributed by atoms with Crippen LogP contribution in [0.25, 0.3) is 0 Å². The minimum Gasteiger partial charge on any atom is -0.327 e. The molecule has 0 bridgehead atoms. The summed E-state index contributed by atoms with van der Waals surface area (Å²) in [4.78, 5) is 21.0. The van der Waals surface area contributed by atoms with Crippen molar-refractivity contribution in [3.63, 3.8) is 0 Å². The number of imidazole rings is 1. The van der Waals surface area contributed by atoms with Crippen LogP contribution < -0.4 is 0 Å². The molecule has 0 spiro atoms. The smallest absolute Gasteiger partial charge is 0.327 e. The molecule has 0 aromatic carbocycles. The molecule has 88 valence electrons. The molecule has 0 saturated carbocycles. The first kappa shape index (κ1) is 12.2. The number of hydrogen-bond acceptors (Lipinski definition) is 4. The summed E-state index contributed by atoms with van der Waals surface area (Å²) >= 11 is 0. The van der Waals surface area contributed by atoms with Gasteiger partial charge < -0.3 is 9.47 Å². The van der Waals surface area contributed by atoms with Crippen LogP contribution in [-0.4, -0.2) is 40.9 Å². The molecule has 0 saturated heterocycles. The fourth-order valence-electron chi connectivity index (χ4n) is 0.949. The van der Waals surface area contributed by atoms with Gasteiger partial charge in [-0.2, -0.15) is 0 Å². The quantitative estimate of drug-likeness (QED) is 0.441. The second-order valence-electron chi connectivity index (χ2n) is 4.11. The van der Waals surface area contributed by atoms with Gasteiger partial charge in [-0.3, -0.25) is 4.84 Å². The molecule has 1 heterocycles. The van der Waals surface area contributed by atoms with Crippen molar-refractivity contribution >= 4 is 12.3 Å². The molecule has 6 heteroatoms. The number of nitrogens with zero attached hydrogens (tertiary/aromatic N) is 4. The third-order valence-corrected chi connectivity index (χ3v) is 2.03. The van der Waals surface area contributed by atoms with Gasteiger partial charge in [0.05, 0.1) is 18.1 Å². The number of hydrogen-bond donors (Lipinski definition) is 0. The number of rotatable bonds is 3. The number of carbonyl (C=O) groups excluding carboxylic acids is 1. The number of carbonyl (C=O) groups is 1. The average Bonchev–Trinajstić information content (AvgIpc) is 2.70. The summed E-state index contributed by atoms with van der Waals surface area (Å²) in [5.41, 5.74) is -0.386. The average molecular weight is 224 g/mol. The highest BCUT2D eigenvalue weighted by atomic mass is 16.7. The van der Waals surface area contributed by atoms with Crippen LogP contribution in [0.5, 0.6) is 0 Å². The summed E-state index contributed by atoms with van der Waals surface area (Å²) in [6.07, 6.45) is 6.23. The SMILES string of the molecule is CN(C)C(=O)ON=CC(C)(C)n1ccnc1. The Balaban J connectivity index is 2.60. The Morgan fingerprint density at radius 2 is 2.25 bits per heavy atom. The van der Waals surface area contributed by atoms with Crippen LogP contribution in [0.2, 0.25) is 0 Å². The summed E-state index contributed by atoms with van der Waals surface area (Å²) in [7, 11) is 3.19. The third-order valence-electron chi connectivity index (χ3n) is 2.03. The van der Waals surface area contributed by atoms with Crippen molar-refractivity contribution in [2.24, 2.45) is 5.16 Å². The Bertz CT molecular complexity index is 368. The molecule has 0 fully saturated rings. The molecule has 0 radical (unpaired) electrons. The van der Waals surface area contributed by atoms with E-state index in [1.54, 1.807) is 32.8 Å². The van der Waals surface area contributed by atoms with E-state index >= 15 is 0 Å². The van der Waals surface area contributed by atoms with E-state index in [0.29, 0.717) is 0 Å². The van der Waals surface area contributed by atoms with Gasteiger partial charge in [-0.15, -0.1) is 0 Å². The molecule has 1 aromatic heterocycles. The topological polar surface area (TPSA) is 59.7 Å². The van der Waals surface area contributed by atoms with Crippen molar-refractivity contribution in [2.45, 2.75) is 19.4 Å². The fraction of sp³-hybridized carbons (Fsp3) is 0.500. The summed E-state index contributed by atoms with van der Waals surface area (Å²) in [6.45, 7) is 3.86. The van der Waals surface area contributed by atoms with Crippen molar-refractivity contribution in [3.8, 4) is 0 Å². The molecule has 1 amide bonds. The Morgan fingerprint density at radius 1 is 1.56 bits per heavy atom. The second kappa shape index (κ2) is 4.78. The van der Waals surface area contributed by atoms with E-state index < -0.39 is 6.09 Å². The van der Waals surface area contributed by atoms with Crippen molar-refractivity contribution in [2.75, 3.05) is 14.1 Å². The molecule has 1 aromatic rings. The maximum absolute atomic E-state index is 11.1. The molecule has 0 aliphatic heterocycles. The van der Waals surface area contributed by atoms with E-state index in [9.17, 15) is 4.79 Å². The molecule has 1 rings (SSSR count). The highest BCUT2D eigenvalue weighted by molar-refractivity contribution is 5.70. The van der Waals surface area contributed by atoms with Gasteiger partial charge in [-0.1, -0.05) is 5.16 Å². The third kappa shape index (κ3) is 3.08. The summed E-state index contributed by atoms with van der Waals surface area (Å²) in [6, 6.07) is 0. The van der Waals surface area contributed by atoms with Gasteiger partial charge in [-0.05, 0) is 13.8 Å². The largest absolute Gasteiger partial charge is 0.435 e. The number of amides is 1. The molecular weight excluding hydrogens is 208 g/mol. The van der Waals surface area contributed by atoms with E-state index in [1.807, 2.05) is 24.6 Å². The van der Waals surface area contributed by atoms with Gasteiger partial charge in [0.2, 0.25) is 0 Å². The lowest BCUT2D eigenvalue weighted by molar-refractivity contribution is 0.122. The van der Waals surface area contributed by atoms with Crippen LogP contribution in [0.1, 0.15) is 13.8 Å². The van der Waals surface area contributed by atoms with E-state index in [4.69, 9.17) is 0 Å². The zero-order chi connectivity index (χ0) is 12.2. The standard InChI is InChI=1S/C10H16N4O2/c1-10(2,14-6-5-11-8-14)7-12-16-9(15)13(3)4/h5-8H,1-4H3. The van der Waals surface area contributed by atoms with Crippen LogP contribution in [0.4, 0.5) is 4.79 Å². The normalized spacial score (nSPS) is 11.8. The van der Waals surface area contributed by atoms with Crippen molar-refractivity contribution in [1.29, 1.82) is 0 Å². The molecule has 16 heavy (non-hydrogen) atoms. The van der Waals surface area contributed by atoms with Gasteiger partial charge in [0.15, 0.2) is 0 Å². The number of oxime groups is 1. The molecule has 0 aliphatic rings. The van der Waals surface area contributed by atoms with Crippen molar-refractivity contribution in [3.05, 3.63) is 18.7 Å². The molecule has 6 nitrogen and oxygen atoms in total. The maximum atomic E-state index is 11.1. The van der Waals surface area contributed by atoms with Crippen LogP contribution in [0.3, 0.4) is 0 Å². The predicted molar refractivity (Wildman–Crippen MR) is 60.2 cm³/mol. The van der Waals surface area contributed by atoms with E-state index in [1.165, 1.54) is 4.90 Å². The maximum Gasteiger partial charge on any atom is 0.435 e. The molecule has 0 unspecified atom stereocenters. The number of aromatic nitrogens is 2. The first-order chi connectivity index (χ1) is 7.43. The minimum absolute atomic E-state index is 0.386. The minimum atomic E-state index is -0.502. The lowest BCUT2D eigenvalue weighted by Crippen LogP contribution is -2.27. The first-order valence-electron chi connectivity index (χ1n) is 4.85. The van der Waals surface area contributed by atoms with Gasteiger partial charge in [0, 0.05) is 26.5 Å². The van der Waals surface area contributed by atoms with Gasteiger partial charge in [0.1, 0.15) is 0 Å². The lowest BCUT2D eigenvalue weighted by Gasteiger charge is -2.20. The molecule has 0 N–H and O–H groups in total. The second-order valence-corrected chi connectivity index (χ2v) is 4.11. The van der Waals surface area contributed by atoms with Crippen LogP contribution in [0, 0.1) is 0 Å². The Labute approximate surface area is 94.5 Å². The fourth-order valence-corrected chi connectivity index (χ4v) is 0.949. The van der Waals surface area contributed by atoms with Gasteiger partial charge in [-0.25, -0.2) is 9.78 Å². The summed E-state index contributed by atoms with van der Waals surface area (Å²) in [5, 5.41) is 3.66. The molecular formula is C10H16N4O2. The van der Waals surface area contributed by atoms with Gasteiger partial charge in [0.25, 0.3) is 0 Å². The van der Waals surface area contributed by atoms with Crippen LogP contribution >= 0.6 is 0 Å². The predicted octanol–water partition coefficient (Wildman–Crippen LogP) is 1.30.